The molecule has 11 heteroatoms. The van der Waals surface area contributed by atoms with Gasteiger partial charge in [0.05, 0.1) is 5.39 Å². The fourth-order valence-electron chi connectivity index (χ4n) is 3.70. The molecular formula is C22H26N6O5. The Hall–Kier alpha value is -4.15. The van der Waals surface area contributed by atoms with Crippen molar-refractivity contribution in [2.24, 2.45) is 0 Å². The molecule has 0 bridgehead atoms. The summed E-state index contributed by atoms with van der Waals surface area (Å²) in [6.07, 6.45) is 1.77. The van der Waals surface area contributed by atoms with Crippen LogP contribution in [0, 0.1) is 6.92 Å². The van der Waals surface area contributed by atoms with Crippen molar-refractivity contribution in [3.8, 4) is 0 Å². The molecule has 3 rings (SSSR count). The minimum absolute atomic E-state index is 0.119. The maximum absolute atomic E-state index is 12.3. The number of nitrogens with one attached hydrogen (secondary N) is 2. The van der Waals surface area contributed by atoms with Crippen molar-refractivity contribution in [2.45, 2.75) is 45.1 Å². The minimum Gasteiger partial charge on any atom is -0.481 e. The van der Waals surface area contributed by atoms with Gasteiger partial charge in [-0.05, 0) is 55.9 Å². The molecule has 1 aromatic carbocycles. The maximum atomic E-state index is 12.3. The fourth-order valence-corrected chi connectivity index (χ4v) is 3.70. The first-order valence-electron chi connectivity index (χ1n) is 10.4. The van der Waals surface area contributed by atoms with Crippen LogP contribution in [-0.4, -0.2) is 49.1 Å². The highest BCUT2D eigenvalue weighted by Gasteiger charge is 2.21. The van der Waals surface area contributed by atoms with Crippen LogP contribution in [0.1, 0.15) is 46.4 Å². The van der Waals surface area contributed by atoms with Crippen LogP contribution in [0.4, 0.5) is 11.8 Å². The lowest BCUT2D eigenvalue weighted by atomic mass is 10.0. The summed E-state index contributed by atoms with van der Waals surface area (Å²) in [6, 6.07) is 5.59. The topological polar surface area (TPSA) is 197 Å². The van der Waals surface area contributed by atoms with E-state index in [9.17, 15) is 19.5 Å². The van der Waals surface area contributed by atoms with Crippen LogP contribution in [0.5, 0.6) is 0 Å². The molecule has 0 aliphatic carbocycles. The van der Waals surface area contributed by atoms with Crippen LogP contribution in [0.15, 0.2) is 24.3 Å². The molecule has 2 aromatic heterocycles. The van der Waals surface area contributed by atoms with E-state index in [0.29, 0.717) is 17.0 Å². The highest BCUT2D eigenvalue weighted by molar-refractivity contribution is 5.96. The smallest absolute Gasteiger partial charge is 0.326 e. The highest BCUT2D eigenvalue weighted by atomic mass is 16.4. The van der Waals surface area contributed by atoms with E-state index >= 15 is 0 Å². The molecule has 174 valence electrons. The summed E-state index contributed by atoms with van der Waals surface area (Å²) >= 11 is 0. The molecular weight excluding hydrogens is 428 g/mol. The third-order valence-electron chi connectivity index (χ3n) is 5.37. The van der Waals surface area contributed by atoms with Gasteiger partial charge in [-0.2, -0.15) is 9.97 Å². The van der Waals surface area contributed by atoms with Gasteiger partial charge in [0.1, 0.15) is 17.5 Å². The molecule has 3 aromatic rings. The van der Waals surface area contributed by atoms with Crippen molar-refractivity contribution < 1.29 is 24.6 Å². The molecule has 0 spiro atoms. The van der Waals surface area contributed by atoms with E-state index in [2.05, 4.69) is 20.3 Å². The highest BCUT2D eigenvalue weighted by Crippen LogP contribution is 2.27. The number of carboxylic acid groups (broad SMARTS) is 2. The lowest BCUT2D eigenvalue weighted by Crippen LogP contribution is -2.41. The number of nitrogens with two attached hydrogens (primary N) is 2. The number of aromatic nitrogens is 3. The van der Waals surface area contributed by atoms with Crippen molar-refractivity contribution in [1.82, 2.24) is 20.3 Å². The largest absolute Gasteiger partial charge is 0.481 e. The zero-order valence-electron chi connectivity index (χ0n) is 18.1. The van der Waals surface area contributed by atoms with E-state index in [1.807, 2.05) is 19.1 Å². The van der Waals surface area contributed by atoms with Gasteiger partial charge >= 0.3 is 11.9 Å². The number of aliphatic carboxylic acids is 2. The monoisotopic (exact) mass is 454 g/mol. The number of amides is 1. The number of anilines is 2. The number of aromatic amines is 1. The van der Waals surface area contributed by atoms with Gasteiger partial charge in [-0.25, -0.2) is 4.79 Å². The first kappa shape index (κ1) is 23.5. The average molecular weight is 454 g/mol. The summed E-state index contributed by atoms with van der Waals surface area (Å²) in [4.78, 5) is 45.7. The number of carboxylic acids is 2. The number of nitrogens with zero attached hydrogens (tertiary/aromatic N) is 2. The first-order chi connectivity index (χ1) is 15.7. The molecule has 2 heterocycles. The Balaban J connectivity index is 1.59. The number of carbonyl (C=O) groups is 3. The van der Waals surface area contributed by atoms with Crippen LogP contribution < -0.4 is 16.8 Å². The lowest BCUT2D eigenvalue weighted by Gasteiger charge is -2.13. The van der Waals surface area contributed by atoms with Crippen molar-refractivity contribution in [1.29, 1.82) is 0 Å². The van der Waals surface area contributed by atoms with Gasteiger partial charge in [0, 0.05) is 17.7 Å². The third-order valence-corrected chi connectivity index (χ3v) is 5.37. The van der Waals surface area contributed by atoms with Crippen molar-refractivity contribution >= 4 is 40.6 Å². The standard InChI is InChI=1S/C22H26N6O5/c1-11-14(17-18(23)27-22(24)28-19(17)25-11)4-2-3-12-5-7-13(8-6-12)20(31)26-15(21(32)33)9-10-16(29)30/h5-8,15H,2-4,9-10H2,1H3,(H,26,31)(H,29,30)(H,32,33)(H5,23,24,25,27,28)/t15-/m0/s1. The van der Waals surface area contributed by atoms with E-state index in [1.54, 1.807) is 12.1 Å². The summed E-state index contributed by atoms with van der Waals surface area (Å²) < 4.78 is 0. The van der Waals surface area contributed by atoms with Crippen molar-refractivity contribution in [3.63, 3.8) is 0 Å². The molecule has 0 fully saturated rings. The third kappa shape index (κ3) is 5.76. The van der Waals surface area contributed by atoms with Gasteiger partial charge in [0.25, 0.3) is 5.91 Å². The number of benzene rings is 1. The Bertz CT molecular complexity index is 1190. The number of fused-ring (bicyclic) bond motifs is 1. The quantitative estimate of drug-likeness (QED) is 0.264. The van der Waals surface area contributed by atoms with Crippen molar-refractivity contribution in [3.05, 3.63) is 46.6 Å². The molecule has 1 amide bonds. The number of aryl methyl sites for hydroxylation is 3. The van der Waals surface area contributed by atoms with Gasteiger partial charge in [-0.1, -0.05) is 12.1 Å². The summed E-state index contributed by atoms with van der Waals surface area (Å²) in [6.45, 7) is 1.95. The molecule has 0 saturated heterocycles. The molecule has 1 atom stereocenters. The Labute approximate surface area is 189 Å². The molecule has 11 nitrogen and oxygen atoms in total. The van der Waals surface area contributed by atoms with Gasteiger partial charge in [0.15, 0.2) is 0 Å². The maximum Gasteiger partial charge on any atom is 0.326 e. The summed E-state index contributed by atoms with van der Waals surface area (Å²) in [5, 5.41) is 21.1. The van der Waals surface area contributed by atoms with E-state index in [-0.39, 0.29) is 18.8 Å². The summed E-state index contributed by atoms with van der Waals surface area (Å²) in [5.41, 5.74) is 15.6. The van der Waals surface area contributed by atoms with Crippen molar-refractivity contribution in [2.75, 3.05) is 11.5 Å². The second-order valence-corrected chi connectivity index (χ2v) is 7.77. The van der Waals surface area contributed by atoms with E-state index in [4.69, 9.17) is 16.6 Å². The molecule has 33 heavy (non-hydrogen) atoms. The zero-order valence-corrected chi connectivity index (χ0v) is 18.1. The van der Waals surface area contributed by atoms with Crippen LogP contribution in [0.2, 0.25) is 0 Å². The number of nitrogen functional groups attached to an aromatic ring is 2. The molecule has 0 aliphatic heterocycles. The van der Waals surface area contributed by atoms with E-state index in [1.165, 1.54) is 0 Å². The van der Waals surface area contributed by atoms with Crippen LogP contribution >= 0.6 is 0 Å². The second kappa shape index (κ2) is 9.98. The number of carbonyl (C=O) groups excluding carboxylic acids is 1. The first-order valence-corrected chi connectivity index (χ1v) is 10.4. The fraction of sp³-hybridized carbons (Fsp3) is 0.318. The Morgan fingerprint density at radius 1 is 1.09 bits per heavy atom. The number of hydrogen-bond donors (Lipinski definition) is 6. The summed E-state index contributed by atoms with van der Waals surface area (Å²) in [5.74, 6) is -2.50. The molecule has 0 unspecified atom stereocenters. The number of hydrogen-bond acceptors (Lipinski definition) is 7. The number of H-pyrrole nitrogens is 1. The molecule has 0 saturated carbocycles. The predicted octanol–water partition coefficient (Wildman–Crippen LogP) is 1.65. The normalized spacial score (nSPS) is 11.9. The Kier molecular flexibility index (Phi) is 7.11. The second-order valence-electron chi connectivity index (χ2n) is 7.77. The SMILES string of the molecule is Cc1[nH]c2nc(N)nc(N)c2c1CCCc1ccc(C(=O)N[C@@H](CCC(=O)O)C(=O)O)cc1. The van der Waals surface area contributed by atoms with E-state index in [0.717, 1.165) is 41.5 Å². The van der Waals surface area contributed by atoms with Gasteiger partial charge in [-0.3, -0.25) is 9.59 Å². The lowest BCUT2D eigenvalue weighted by molar-refractivity contribution is -0.140. The molecule has 0 radical (unpaired) electrons. The van der Waals surface area contributed by atoms with E-state index < -0.39 is 23.9 Å². The average Bonchev–Trinajstić information content (AvgIpc) is 3.06. The zero-order chi connectivity index (χ0) is 24.1. The Morgan fingerprint density at radius 3 is 2.42 bits per heavy atom. The van der Waals surface area contributed by atoms with Crippen LogP contribution in [-0.2, 0) is 22.4 Å². The van der Waals surface area contributed by atoms with Crippen LogP contribution in [0.25, 0.3) is 11.0 Å². The minimum atomic E-state index is -1.28. The molecule has 0 aliphatic rings. The van der Waals surface area contributed by atoms with Gasteiger partial charge in [-0.15, -0.1) is 0 Å². The summed E-state index contributed by atoms with van der Waals surface area (Å²) in [7, 11) is 0. The number of rotatable bonds is 10. The van der Waals surface area contributed by atoms with Crippen LogP contribution in [0.3, 0.4) is 0 Å². The Morgan fingerprint density at radius 2 is 1.79 bits per heavy atom. The predicted molar refractivity (Wildman–Crippen MR) is 122 cm³/mol. The van der Waals surface area contributed by atoms with Gasteiger partial charge in [0.2, 0.25) is 5.95 Å². The van der Waals surface area contributed by atoms with Gasteiger partial charge < -0.3 is 32.0 Å². The molecule has 8 N–H and O–H groups in total.